The highest BCUT2D eigenvalue weighted by Crippen LogP contribution is 2.36. The van der Waals surface area contributed by atoms with Gasteiger partial charge in [0.2, 0.25) is 0 Å². The summed E-state index contributed by atoms with van der Waals surface area (Å²) in [5.74, 6) is 0. The second-order valence-corrected chi connectivity index (χ2v) is 6.80. The Balaban J connectivity index is 1.70. The molecule has 0 fully saturated rings. The zero-order valence-corrected chi connectivity index (χ0v) is 15.2. The molecule has 1 aliphatic rings. The van der Waals surface area contributed by atoms with Crippen molar-refractivity contribution in [2.24, 2.45) is 5.10 Å². The molecule has 1 heterocycles. The van der Waals surface area contributed by atoms with E-state index in [-0.39, 0.29) is 6.04 Å². The van der Waals surface area contributed by atoms with Gasteiger partial charge in [0.1, 0.15) is 0 Å². The van der Waals surface area contributed by atoms with Gasteiger partial charge in [0.15, 0.2) is 0 Å². The van der Waals surface area contributed by atoms with Gasteiger partial charge in [-0.05, 0) is 35.4 Å². The molecule has 1 aliphatic heterocycles. The summed E-state index contributed by atoms with van der Waals surface area (Å²) in [6, 6.07) is 29.9. The van der Waals surface area contributed by atoms with Gasteiger partial charge in [0.05, 0.1) is 17.4 Å². The number of benzene rings is 3. The van der Waals surface area contributed by atoms with Crippen molar-refractivity contribution in [3.63, 3.8) is 0 Å². The normalized spacial score (nSPS) is 16.5. The van der Waals surface area contributed by atoms with Gasteiger partial charge >= 0.3 is 0 Å². The lowest BCUT2D eigenvalue weighted by molar-refractivity contribution is 0.709. The first kappa shape index (κ1) is 16.4. The average molecular weight is 341 g/mol. The molecule has 0 aromatic heterocycles. The molecule has 3 nitrogen and oxygen atoms in total. The molecular weight excluding hydrogens is 318 g/mol. The van der Waals surface area contributed by atoms with E-state index in [9.17, 15) is 0 Å². The minimum absolute atomic E-state index is 0.224. The van der Waals surface area contributed by atoms with Gasteiger partial charge in [-0.25, -0.2) is 0 Å². The number of hydrogen-bond donors (Lipinski definition) is 0. The van der Waals surface area contributed by atoms with Crippen molar-refractivity contribution in [2.45, 2.75) is 12.5 Å². The number of rotatable bonds is 4. The Labute approximate surface area is 155 Å². The Morgan fingerprint density at radius 1 is 0.808 bits per heavy atom. The quantitative estimate of drug-likeness (QED) is 0.657. The number of nitrogens with zero attached hydrogens (tertiary/aromatic N) is 3. The summed E-state index contributed by atoms with van der Waals surface area (Å²) in [7, 11) is 4.12. The van der Waals surface area contributed by atoms with E-state index in [1.165, 1.54) is 16.8 Å². The molecule has 1 atom stereocenters. The van der Waals surface area contributed by atoms with Crippen molar-refractivity contribution in [1.29, 1.82) is 0 Å². The maximum absolute atomic E-state index is 5.00. The van der Waals surface area contributed by atoms with Gasteiger partial charge in [-0.15, -0.1) is 0 Å². The van der Waals surface area contributed by atoms with E-state index in [1.807, 2.05) is 6.07 Å². The molecule has 3 aromatic rings. The predicted octanol–water partition coefficient (Wildman–Crippen LogP) is 5.11. The Bertz CT molecular complexity index is 884. The molecule has 0 aliphatic carbocycles. The van der Waals surface area contributed by atoms with E-state index >= 15 is 0 Å². The highest BCUT2D eigenvalue weighted by Gasteiger charge is 2.29. The minimum Gasteiger partial charge on any atom is -0.378 e. The van der Waals surface area contributed by atoms with Crippen LogP contribution in [0.2, 0.25) is 0 Å². The van der Waals surface area contributed by atoms with Gasteiger partial charge in [0, 0.05) is 26.2 Å². The van der Waals surface area contributed by atoms with E-state index in [0.717, 1.165) is 17.8 Å². The molecule has 3 heteroatoms. The predicted molar refractivity (Wildman–Crippen MR) is 110 cm³/mol. The van der Waals surface area contributed by atoms with Crippen LogP contribution in [0, 0.1) is 0 Å². The topological polar surface area (TPSA) is 18.8 Å². The molecule has 3 aromatic carbocycles. The summed E-state index contributed by atoms with van der Waals surface area (Å²) >= 11 is 0. The van der Waals surface area contributed by atoms with Crippen molar-refractivity contribution >= 4 is 17.1 Å². The zero-order chi connectivity index (χ0) is 17.9. The maximum atomic E-state index is 5.00. The van der Waals surface area contributed by atoms with E-state index in [4.69, 9.17) is 5.10 Å². The number of anilines is 2. The highest BCUT2D eigenvalue weighted by atomic mass is 15.5. The molecule has 130 valence electrons. The van der Waals surface area contributed by atoms with Crippen LogP contribution >= 0.6 is 0 Å². The maximum Gasteiger partial charge on any atom is 0.0831 e. The summed E-state index contributed by atoms with van der Waals surface area (Å²) in [5, 5.41) is 7.15. The summed E-state index contributed by atoms with van der Waals surface area (Å²) in [5.41, 5.74) is 5.94. The Morgan fingerprint density at radius 2 is 1.42 bits per heavy atom. The third-order valence-electron chi connectivity index (χ3n) is 4.83. The van der Waals surface area contributed by atoms with E-state index in [0.29, 0.717) is 0 Å². The van der Waals surface area contributed by atoms with Crippen LogP contribution in [0.3, 0.4) is 0 Å². The monoisotopic (exact) mass is 341 g/mol. The molecule has 0 saturated carbocycles. The van der Waals surface area contributed by atoms with E-state index in [2.05, 4.69) is 103 Å². The first-order chi connectivity index (χ1) is 12.7. The average Bonchev–Trinajstić information content (AvgIpc) is 3.15. The Morgan fingerprint density at radius 3 is 2.04 bits per heavy atom. The lowest BCUT2D eigenvalue weighted by Crippen LogP contribution is -2.18. The lowest BCUT2D eigenvalue weighted by Gasteiger charge is -2.23. The fraction of sp³-hybridized carbons (Fsp3) is 0.174. The van der Waals surface area contributed by atoms with Crippen LogP contribution in [0.25, 0.3) is 0 Å². The smallest absolute Gasteiger partial charge is 0.0831 e. The molecule has 4 rings (SSSR count). The van der Waals surface area contributed by atoms with Crippen LogP contribution in [0.5, 0.6) is 0 Å². The van der Waals surface area contributed by atoms with Crippen LogP contribution in [0.4, 0.5) is 11.4 Å². The van der Waals surface area contributed by atoms with Crippen molar-refractivity contribution in [1.82, 2.24) is 0 Å². The molecule has 0 amide bonds. The van der Waals surface area contributed by atoms with Gasteiger partial charge in [-0.3, -0.25) is 5.01 Å². The summed E-state index contributed by atoms with van der Waals surface area (Å²) in [4.78, 5) is 2.11. The van der Waals surface area contributed by atoms with Gasteiger partial charge in [-0.2, -0.15) is 5.10 Å². The lowest BCUT2D eigenvalue weighted by atomic mass is 9.98. The molecule has 0 unspecified atom stereocenters. The summed E-state index contributed by atoms with van der Waals surface area (Å²) < 4.78 is 0. The van der Waals surface area contributed by atoms with Crippen molar-refractivity contribution in [2.75, 3.05) is 24.0 Å². The molecule has 0 spiro atoms. The first-order valence-electron chi connectivity index (χ1n) is 8.97. The van der Waals surface area contributed by atoms with Crippen LogP contribution < -0.4 is 9.91 Å². The highest BCUT2D eigenvalue weighted by molar-refractivity contribution is 6.03. The molecule has 0 N–H and O–H groups in total. The van der Waals surface area contributed by atoms with Crippen molar-refractivity contribution in [3.8, 4) is 0 Å². The fourth-order valence-electron chi connectivity index (χ4n) is 3.39. The van der Waals surface area contributed by atoms with Gasteiger partial charge in [-0.1, -0.05) is 60.7 Å². The van der Waals surface area contributed by atoms with Crippen molar-refractivity contribution in [3.05, 3.63) is 96.1 Å². The standard InChI is InChI=1S/C23H23N3/c1-25(2)20-15-13-18(14-16-20)22-17-23(19-9-5-3-6-10-19)26(24-22)21-11-7-4-8-12-21/h3-16,23H,17H2,1-2H3/t23-/m0/s1. The molecule has 26 heavy (non-hydrogen) atoms. The number of para-hydroxylation sites is 1. The third kappa shape index (κ3) is 3.21. The SMILES string of the molecule is CN(C)c1ccc(C2=NN(c3ccccc3)[C@H](c3ccccc3)C2)cc1. The minimum atomic E-state index is 0.224. The van der Waals surface area contributed by atoms with Crippen LogP contribution in [-0.2, 0) is 0 Å². The zero-order valence-electron chi connectivity index (χ0n) is 15.2. The third-order valence-corrected chi connectivity index (χ3v) is 4.83. The Hall–Kier alpha value is -3.07. The van der Waals surface area contributed by atoms with Crippen LogP contribution in [-0.4, -0.2) is 19.8 Å². The van der Waals surface area contributed by atoms with Gasteiger partial charge < -0.3 is 4.90 Å². The molecule has 0 saturated heterocycles. The van der Waals surface area contributed by atoms with Crippen LogP contribution in [0.1, 0.15) is 23.6 Å². The Kier molecular flexibility index (Phi) is 4.44. The number of hydrogen-bond acceptors (Lipinski definition) is 3. The second-order valence-electron chi connectivity index (χ2n) is 6.80. The second kappa shape index (κ2) is 7.04. The van der Waals surface area contributed by atoms with Crippen LogP contribution in [0.15, 0.2) is 90.0 Å². The first-order valence-corrected chi connectivity index (χ1v) is 8.97. The van der Waals surface area contributed by atoms with Gasteiger partial charge in [0.25, 0.3) is 0 Å². The fourth-order valence-corrected chi connectivity index (χ4v) is 3.39. The largest absolute Gasteiger partial charge is 0.378 e. The summed E-state index contributed by atoms with van der Waals surface area (Å²) in [6.07, 6.45) is 0.903. The van der Waals surface area contributed by atoms with E-state index < -0.39 is 0 Å². The van der Waals surface area contributed by atoms with E-state index in [1.54, 1.807) is 0 Å². The molecule has 0 radical (unpaired) electrons. The van der Waals surface area contributed by atoms with Crippen molar-refractivity contribution < 1.29 is 0 Å². The number of hydrazone groups is 1. The summed E-state index contributed by atoms with van der Waals surface area (Å²) in [6.45, 7) is 0. The molecule has 0 bridgehead atoms. The molecular formula is C23H23N3.